The third-order valence-corrected chi connectivity index (χ3v) is 4.16. The largest absolute Gasteiger partial charge is 0.349 e. The molecule has 126 valence electrons. The van der Waals surface area contributed by atoms with E-state index in [0.717, 1.165) is 21.9 Å². The van der Waals surface area contributed by atoms with Crippen LogP contribution in [0.4, 0.5) is 5.69 Å². The van der Waals surface area contributed by atoms with E-state index in [1.54, 1.807) is 12.1 Å². The van der Waals surface area contributed by atoms with E-state index in [2.05, 4.69) is 17.4 Å². The van der Waals surface area contributed by atoms with Gasteiger partial charge in [0, 0.05) is 12.1 Å². The Labute approximate surface area is 145 Å². The SMILES string of the molecule is CC(NC(=O)Cc1ccc([N+](=O)[O-])cc1)c1ccc2ccccc2c1. The Balaban J connectivity index is 1.65. The molecule has 0 aliphatic heterocycles. The number of carbonyl (C=O) groups excluding carboxylic acids is 1. The first-order valence-corrected chi connectivity index (χ1v) is 8.04. The summed E-state index contributed by atoms with van der Waals surface area (Å²) in [6.45, 7) is 1.94. The van der Waals surface area contributed by atoms with E-state index in [-0.39, 0.29) is 24.1 Å². The van der Waals surface area contributed by atoms with Crippen molar-refractivity contribution in [2.75, 3.05) is 0 Å². The fourth-order valence-electron chi connectivity index (χ4n) is 2.77. The number of benzene rings is 3. The highest BCUT2D eigenvalue weighted by atomic mass is 16.6. The molecule has 0 aliphatic rings. The third-order valence-electron chi connectivity index (χ3n) is 4.16. The minimum Gasteiger partial charge on any atom is -0.349 e. The van der Waals surface area contributed by atoms with Gasteiger partial charge in [-0.3, -0.25) is 14.9 Å². The van der Waals surface area contributed by atoms with Crippen LogP contribution in [0.1, 0.15) is 24.1 Å². The van der Waals surface area contributed by atoms with Gasteiger partial charge in [-0.15, -0.1) is 0 Å². The van der Waals surface area contributed by atoms with Crippen molar-refractivity contribution < 1.29 is 9.72 Å². The summed E-state index contributed by atoms with van der Waals surface area (Å²) in [4.78, 5) is 22.4. The molecule has 1 atom stereocenters. The van der Waals surface area contributed by atoms with Crippen LogP contribution >= 0.6 is 0 Å². The first-order valence-electron chi connectivity index (χ1n) is 8.04. The maximum atomic E-state index is 12.2. The average molecular weight is 334 g/mol. The molecule has 0 heterocycles. The quantitative estimate of drug-likeness (QED) is 0.562. The van der Waals surface area contributed by atoms with E-state index in [1.165, 1.54) is 12.1 Å². The lowest BCUT2D eigenvalue weighted by atomic mass is 10.0. The van der Waals surface area contributed by atoms with Gasteiger partial charge >= 0.3 is 0 Å². The second kappa shape index (κ2) is 7.13. The first kappa shape index (κ1) is 16.6. The number of nitrogens with zero attached hydrogens (tertiary/aromatic N) is 1. The average Bonchev–Trinajstić information content (AvgIpc) is 2.61. The predicted octanol–water partition coefficient (Wildman–Crippen LogP) is 4.17. The van der Waals surface area contributed by atoms with Crippen molar-refractivity contribution in [1.82, 2.24) is 5.32 Å². The zero-order valence-electron chi connectivity index (χ0n) is 13.8. The molecule has 3 aromatic carbocycles. The summed E-state index contributed by atoms with van der Waals surface area (Å²) in [6, 6.07) is 20.1. The Kier molecular flexibility index (Phi) is 4.75. The van der Waals surface area contributed by atoms with Crippen molar-refractivity contribution in [3.05, 3.63) is 88.0 Å². The van der Waals surface area contributed by atoms with Crippen LogP contribution in [0, 0.1) is 10.1 Å². The Morgan fingerprint density at radius 2 is 1.72 bits per heavy atom. The molecule has 0 aromatic heterocycles. The molecule has 5 heteroatoms. The minimum absolute atomic E-state index is 0.0219. The molecule has 0 saturated carbocycles. The summed E-state index contributed by atoms with van der Waals surface area (Å²) in [6.07, 6.45) is 0.190. The molecule has 1 unspecified atom stereocenters. The highest BCUT2D eigenvalue weighted by Crippen LogP contribution is 2.20. The van der Waals surface area contributed by atoms with Crippen LogP contribution in [-0.2, 0) is 11.2 Å². The highest BCUT2D eigenvalue weighted by Gasteiger charge is 2.12. The van der Waals surface area contributed by atoms with Crippen molar-refractivity contribution >= 4 is 22.4 Å². The maximum Gasteiger partial charge on any atom is 0.269 e. The number of amides is 1. The standard InChI is InChI=1S/C20H18N2O3/c1-14(17-9-8-16-4-2-3-5-18(16)13-17)21-20(23)12-15-6-10-19(11-7-15)22(24)25/h2-11,13-14H,12H2,1H3,(H,21,23). The summed E-state index contributed by atoms with van der Waals surface area (Å²) in [7, 11) is 0. The number of nitro benzene ring substituents is 1. The van der Waals surface area contributed by atoms with Crippen LogP contribution in [0.3, 0.4) is 0 Å². The lowest BCUT2D eigenvalue weighted by molar-refractivity contribution is -0.384. The molecule has 5 nitrogen and oxygen atoms in total. The Morgan fingerprint density at radius 3 is 2.40 bits per heavy atom. The number of rotatable bonds is 5. The molecule has 1 N–H and O–H groups in total. The van der Waals surface area contributed by atoms with Gasteiger partial charge in [-0.2, -0.15) is 0 Å². The lowest BCUT2D eigenvalue weighted by Gasteiger charge is -2.15. The van der Waals surface area contributed by atoms with E-state index in [4.69, 9.17) is 0 Å². The number of hydrogen-bond acceptors (Lipinski definition) is 3. The van der Waals surface area contributed by atoms with Crippen molar-refractivity contribution in [3.63, 3.8) is 0 Å². The van der Waals surface area contributed by atoms with Gasteiger partial charge in [0.1, 0.15) is 0 Å². The van der Waals surface area contributed by atoms with Gasteiger partial charge in [-0.25, -0.2) is 0 Å². The molecule has 0 bridgehead atoms. The highest BCUT2D eigenvalue weighted by molar-refractivity contribution is 5.83. The van der Waals surface area contributed by atoms with Gasteiger partial charge in [0.25, 0.3) is 5.69 Å². The number of hydrogen-bond donors (Lipinski definition) is 1. The van der Waals surface area contributed by atoms with Crippen LogP contribution in [0.25, 0.3) is 10.8 Å². The van der Waals surface area contributed by atoms with E-state index >= 15 is 0 Å². The van der Waals surface area contributed by atoms with Gasteiger partial charge in [-0.1, -0.05) is 48.5 Å². The predicted molar refractivity (Wildman–Crippen MR) is 97.3 cm³/mol. The van der Waals surface area contributed by atoms with Gasteiger partial charge in [0.05, 0.1) is 17.4 Å². The molecule has 3 rings (SSSR count). The summed E-state index contributed by atoms with van der Waals surface area (Å²) in [5, 5.41) is 15.9. The summed E-state index contributed by atoms with van der Waals surface area (Å²) in [5.74, 6) is -0.116. The summed E-state index contributed by atoms with van der Waals surface area (Å²) in [5.41, 5.74) is 1.80. The van der Waals surface area contributed by atoms with Crippen molar-refractivity contribution in [1.29, 1.82) is 0 Å². The number of carbonyl (C=O) groups is 1. The fraction of sp³-hybridized carbons (Fsp3) is 0.150. The van der Waals surface area contributed by atoms with E-state index in [9.17, 15) is 14.9 Å². The second-order valence-corrected chi connectivity index (χ2v) is 6.00. The molecule has 3 aromatic rings. The van der Waals surface area contributed by atoms with E-state index in [0.29, 0.717) is 0 Å². The third kappa shape index (κ3) is 4.01. The summed E-state index contributed by atoms with van der Waals surface area (Å²) >= 11 is 0. The monoisotopic (exact) mass is 334 g/mol. The normalized spacial score (nSPS) is 11.9. The smallest absolute Gasteiger partial charge is 0.269 e. The van der Waals surface area contributed by atoms with E-state index in [1.807, 2.05) is 37.3 Å². The Morgan fingerprint density at radius 1 is 1.04 bits per heavy atom. The van der Waals surface area contributed by atoms with Gasteiger partial charge < -0.3 is 5.32 Å². The molecule has 0 saturated heterocycles. The Hall–Kier alpha value is -3.21. The number of non-ortho nitro benzene ring substituents is 1. The van der Waals surface area contributed by atoms with Gasteiger partial charge in [0.2, 0.25) is 5.91 Å². The van der Waals surface area contributed by atoms with Crippen LogP contribution in [-0.4, -0.2) is 10.8 Å². The molecule has 25 heavy (non-hydrogen) atoms. The van der Waals surface area contributed by atoms with Crippen LogP contribution in [0.15, 0.2) is 66.7 Å². The van der Waals surface area contributed by atoms with Crippen LogP contribution in [0.5, 0.6) is 0 Å². The second-order valence-electron chi connectivity index (χ2n) is 6.00. The van der Waals surface area contributed by atoms with Crippen LogP contribution < -0.4 is 5.32 Å². The molecule has 0 radical (unpaired) electrons. The first-order chi connectivity index (χ1) is 12.0. The molecule has 1 amide bonds. The minimum atomic E-state index is -0.453. The lowest BCUT2D eigenvalue weighted by Crippen LogP contribution is -2.28. The molecular formula is C20H18N2O3. The molecule has 0 fully saturated rings. The Bertz CT molecular complexity index is 920. The van der Waals surface area contributed by atoms with Crippen molar-refractivity contribution in [3.8, 4) is 0 Å². The number of nitro groups is 1. The topological polar surface area (TPSA) is 72.2 Å². The van der Waals surface area contributed by atoms with Gasteiger partial charge in [-0.05, 0) is 34.9 Å². The fourth-order valence-corrected chi connectivity index (χ4v) is 2.77. The molecule has 0 spiro atoms. The zero-order chi connectivity index (χ0) is 17.8. The van der Waals surface area contributed by atoms with E-state index < -0.39 is 4.92 Å². The summed E-state index contributed by atoms with van der Waals surface area (Å²) < 4.78 is 0. The zero-order valence-corrected chi connectivity index (χ0v) is 13.8. The number of nitrogens with one attached hydrogen (secondary N) is 1. The van der Waals surface area contributed by atoms with Crippen molar-refractivity contribution in [2.24, 2.45) is 0 Å². The van der Waals surface area contributed by atoms with Crippen molar-refractivity contribution in [2.45, 2.75) is 19.4 Å². The molecule has 0 aliphatic carbocycles. The molecular weight excluding hydrogens is 316 g/mol. The van der Waals surface area contributed by atoms with Crippen LogP contribution in [0.2, 0.25) is 0 Å². The number of fused-ring (bicyclic) bond motifs is 1. The van der Waals surface area contributed by atoms with Gasteiger partial charge in [0.15, 0.2) is 0 Å². The maximum absolute atomic E-state index is 12.2.